The summed E-state index contributed by atoms with van der Waals surface area (Å²) in [6.45, 7) is 6.32. The van der Waals surface area contributed by atoms with Gasteiger partial charge in [-0.3, -0.25) is 4.79 Å². The van der Waals surface area contributed by atoms with E-state index in [1.165, 1.54) is 0 Å². The molecular formula is C15H20N2O2. The van der Waals surface area contributed by atoms with Gasteiger partial charge in [-0.15, -0.1) is 0 Å². The Labute approximate surface area is 114 Å². The van der Waals surface area contributed by atoms with E-state index in [-0.39, 0.29) is 18.6 Å². The number of rotatable bonds is 6. The number of carbonyl (C=O) groups excluding carboxylic acids is 1. The molecule has 4 nitrogen and oxygen atoms in total. The van der Waals surface area contributed by atoms with Crippen molar-refractivity contribution in [3.63, 3.8) is 0 Å². The Hall–Kier alpha value is -2.02. The van der Waals surface area contributed by atoms with Crippen LogP contribution in [-0.4, -0.2) is 30.0 Å². The number of ether oxygens (including phenoxy) is 1. The molecule has 0 saturated heterocycles. The van der Waals surface area contributed by atoms with Crippen molar-refractivity contribution in [3.05, 3.63) is 29.8 Å². The molecule has 0 N–H and O–H groups in total. The van der Waals surface area contributed by atoms with Crippen molar-refractivity contribution in [1.82, 2.24) is 4.90 Å². The maximum atomic E-state index is 12.0. The minimum atomic E-state index is -0.0918. The highest BCUT2D eigenvalue weighted by Crippen LogP contribution is 2.11. The Kier molecular flexibility index (Phi) is 5.87. The average molecular weight is 260 g/mol. The summed E-state index contributed by atoms with van der Waals surface area (Å²) in [7, 11) is 0. The first kappa shape index (κ1) is 15.0. The highest BCUT2D eigenvalue weighted by Gasteiger charge is 2.16. The van der Waals surface area contributed by atoms with E-state index >= 15 is 0 Å². The predicted molar refractivity (Wildman–Crippen MR) is 73.8 cm³/mol. The van der Waals surface area contributed by atoms with Gasteiger partial charge in [0.25, 0.3) is 5.91 Å². The van der Waals surface area contributed by atoms with Crippen molar-refractivity contribution >= 4 is 5.91 Å². The second kappa shape index (κ2) is 7.42. The van der Waals surface area contributed by atoms with Crippen molar-refractivity contribution in [3.8, 4) is 11.8 Å². The molecule has 1 rings (SSSR count). The number of hydrogen-bond donors (Lipinski definition) is 0. The van der Waals surface area contributed by atoms with Gasteiger partial charge in [0, 0.05) is 12.6 Å². The SMILES string of the molecule is Cc1ccc(OCC(=O)N(CCC#N)C(C)C)cc1. The zero-order valence-electron chi connectivity index (χ0n) is 11.7. The molecule has 4 heteroatoms. The van der Waals surface area contributed by atoms with Crippen LogP contribution >= 0.6 is 0 Å². The molecule has 0 fully saturated rings. The topological polar surface area (TPSA) is 53.3 Å². The summed E-state index contributed by atoms with van der Waals surface area (Å²) in [6, 6.07) is 9.70. The van der Waals surface area contributed by atoms with E-state index in [2.05, 4.69) is 6.07 Å². The summed E-state index contributed by atoms with van der Waals surface area (Å²) in [4.78, 5) is 13.7. The van der Waals surface area contributed by atoms with Crippen LogP contribution < -0.4 is 4.74 Å². The molecule has 0 atom stereocenters. The third kappa shape index (κ3) is 5.01. The van der Waals surface area contributed by atoms with Gasteiger partial charge in [0.15, 0.2) is 6.61 Å². The van der Waals surface area contributed by atoms with Gasteiger partial charge in [0.05, 0.1) is 12.5 Å². The lowest BCUT2D eigenvalue weighted by molar-refractivity contribution is -0.135. The Morgan fingerprint density at radius 2 is 2.00 bits per heavy atom. The molecule has 102 valence electrons. The van der Waals surface area contributed by atoms with E-state index in [4.69, 9.17) is 10.00 Å². The maximum absolute atomic E-state index is 12.0. The molecule has 1 amide bonds. The molecule has 19 heavy (non-hydrogen) atoms. The standard InChI is InChI=1S/C15H20N2O2/c1-12(2)17(10-4-9-16)15(18)11-19-14-7-5-13(3)6-8-14/h5-8,12H,4,10-11H2,1-3H3. The second-order valence-corrected chi connectivity index (χ2v) is 4.69. The average Bonchev–Trinajstić information content (AvgIpc) is 2.38. The molecule has 1 aromatic carbocycles. The fraction of sp³-hybridized carbons (Fsp3) is 0.467. The van der Waals surface area contributed by atoms with Crippen molar-refractivity contribution in [2.45, 2.75) is 33.2 Å². The first-order valence-corrected chi connectivity index (χ1v) is 6.40. The summed E-state index contributed by atoms with van der Waals surface area (Å²) >= 11 is 0. The summed E-state index contributed by atoms with van der Waals surface area (Å²) in [5.41, 5.74) is 1.15. The van der Waals surface area contributed by atoms with Crippen LogP contribution in [0.25, 0.3) is 0 Å². The van der Waals surface area contributed by atoms with Crippen LogP contribution in [0.2, 0.25) is 0 Å². The molecule has 0 aromatic heterocycles. The van der Waals surface area contributed by atoms with E-state index in [1.807, 2.05) is 45.0 Å². The largest absolute Gasteiger partial charge is 0.484 e. The molecule has 0 bridgehead atoms. The number of amides is 1. The van der Waals surface area contributed by atoms with Gasteiger partial charge in [-0.2, -0.15) is 5.26 Å². The molecule has 0 spiro atoms. The summed E-state index contributed by atoms with van der Waals surface area (Å²) < 4.78 is 5.46. The quantitative estimate of drug-likeness (QED) is 0.789. The first-order chi connectivity index (χ1) is 9.04. The van der Waals surface area contributed by atoms with Crippen LogP contribution in [0.5, 0.6) is 5.75 Å². The molecule has 0 saturated carbocycles. The summed E-state index contributed by atoms with van der Waals surface area (Å²) in [6.07, 6.45) is 0.342. The number of carbonyl (C=O) groups is 1. The molecule has 0 radical (unpaired) electrons. The Morgan fingerprint density at radius 3 is 2.53 bits per heavy atom. The third-order valence-corrected chi connectivity index (χ3v) is 2.79. The third-order valence-electron chi connectivity index (χ3n) is 2.79. The zero-order valence-corrected chi connectivity index (χ0v) is 11.7. The minimum absolute atomic E-state index is 0.00662. The summed E-state index contributed by atoms with van der Waals surface area (Å²) in [5.74, 6) is 0.591. The van der Waals surface area contributed by atoms with Crippen molar-refractivity contribution in [2.24, 2.45) is 0 Å². The number of hydrogen-bond acceptors (Lipinski definition) is 3. The van der Waals surface area contributed by atoms with Gasteiger partial charge in [-0.05, 0) is 32.9 Å². The van der Waals surface area contributed by atoms with Crippen molar-refractivity contribution in [2.75, 3.05) is 13.2 Å². The van der Waals surface area contributed by atoms with Gasteiger partial charge in [-0.25, -0.2) is 0 Å². The second-order valence-electron chi connectivity index (χ2n) is 4.69. The minimum Gasteiger partial charge on any atom is -0.484 e. The van der Waals surface area contributed by atoms with Gasteiger partial charge in [0.2, 0.25) is 0 Å². The lowest BCUT2D eigenvalue weighted by Crippen LogP contribution is -2.40. The van der Waals surface area contributed by atoms with Crippen molar-refractivity contribution < 1.29 is 9.53 Å². The predicted octanol–water partition coefficient (Wildman–Crippen LogP) is 2.52. The normalized spacial score (nSPS) is 10.1. The summed E-state index contributed by atoms with van der Waals surface area (Å²) in [5, 5.41) is 8.59. The molecule has 0 aliphatic carbocycles. The highest BCUT2D eigenvalue weighted by molar-refractivity contribution is 5.78. The molecular weight excluding hydrogens is 240 g/mol. The zero-order chi connectivity index (χ0) is 14.3. The van der Waals surface area contributed by atoms with Crippen LogP contribution in [0.15, 0.2) is 24.3 Å². The van der Waals surface area contributed by atoms with Crippen LogP contribution in [0.3, 0.4) is 0 Å². The van der Waals surface area contributed by atoms with Crippen LogP contribution in [-0.2, 0) is 4.79 Å². The monoisotopic (exact) mass is 260 g/mol. The fourth-order valence-electron chi connectivity index (χ4n) is 1.70. The number of benzene rings is 1. The molecule has 0 aliphatic heterocycles. The molecule has 0 aliphatic rings. The highest BCUT2D eigenvalue weighted by atomic mass is 16.5. The lowest BCUT2D eigenvalue weighted by atomic mass is 10.2. The smallest absolute Gasteiger partial charge is 0.260 e. The lowest BCUT2D eigenvalue weighted by Gasteiger charge is -2.25. The van der Waals surface area contributed by atoms with E-state index in [0.29, 0.717) is 18.7 Å². The van der Waals surface area contributed by atoms with Crippen molar-refractivity contribution in [1.29, 1.82) is 5.26 Å². The van der Waals surface area contributed by atoms with Gasteiger partial charge >= 0.3 is 0 Å². The van der Waals surface area contributed by atoms with Crippen LogP contribution in [0, 0.1) is 18.3 Å². The molecule has 1 aromatic rings. The van der Waals surface area contributed by atoms with Gasteiger partial charge < -0.3 is 9.64 Å². The van der Waals surface area contributed by atoms with Crippen LogP contribution in [0.4, 0.5) is 0 Å². The molecule has 0 heterocycles. The Bertz CT molecular complexity index is 446. The van der Waals surface area contributed by atoms with E-state index < -0.39 is 0 Å². The molecule has 0 unspecified atom stereocenters. The van der Waals surface area contributed by atoms with E-state index in [0.717, 1.165) is 5.56 Å². The maximum Gasteiger partial charge on any atom is 0.260 e. The Balaban J connectivity index is 2.52. The Morgan fingerprint density at radius 1 is 1.37 bits per heavy atom. The van der Waals surface area contributed by atoms with E-state index in [9.17, 15) is 4.79 Å². The number of aryl methyl sites for hydroxylation is 1. The number of nitrogens with zero attached hydrogens (tertiary/aromatic N) is 2. The van der Waals surface area contributed by atoms with Crippen LogP contribution in [0.1, 0.15) is 25.8 Å². The number of nitriles is 1. The van der Waals surface area contributed by atoms with E-state index in [1.54, 1.807) is 4.90 Å². The van der Waals surface area contributed by atoms with Gasteiger partial charge in [-0.1, -0.05) is 17.7 Å². The first-order valence-electron chi connectivity index (χ1n) is 6.40. The fourth-order valence-corrected chi connectivity index (χ4v) is 1.70. The van der Waals surface area contributed by atoms with Gasteiger partial charge in [0.1, 0.15) is 5.75 Å².